The molecule has 16 heavy (non-hydrogen) atoms. The predicted octanol–water partition coefficient (Wildman–Crippen LogP) is 1.80. The number of nitrogens with zero attached hydrogens (tertiary/aromatic N) is 2. The minimum Gasteiger partial charge on any atom is -0.361 e. The fourth-order valence-electron chi connectivity index (χ4n) is 1.71. The van der Waals surface area contributed by atoms with E-state index in [0.717, 1.165) is 37.6 Å². The van der Waals surface area contributed by atoms with Crippen LogP contribution in [0, 0.1) is 6.92 Å². The maximum absolute atomic E-state index is 5.02. The molecule has 1 aromatic rings. The fourth-order valence-corrected chi connectivity index (χ4v) is 1.71. The van der Waals surface area contributed by atoms with Crippen LogP contribution in [0.2, 0.25) is 0 Å². The van der Waals surface area contributed by atoms with Crippen molar-refractivity contribution < 1.29 is 4.52 Å². The minimum absolute atomic E-state index is 0.469. The third kappa shape index (κ3) is 4.33. The molecule has 1 atom stereocenters. The van der Waals surface area contributed by atoms with E-state index in [1.807, 2.05) is 13.0 Å². The summed E-state index contributed by atoms with van der Waals surface area (Å²) in [6.45, 7) is 12.6. The summed E-state index contributed by atoms with van der Waals surface area (Å²) in [5.41, 5.74) is 0.976. The topological polar surface area (TPSA) is 41.3 Å². The first kappa shape index (κ1) is 13.2. The Hall–Kier alpha value is -0.870. The van der Waals surface area contributed by atoms with Crippen molar-refractivity contribution in [2.75, 3.05) is 19.6 Å². The summed E-state index contributed by atoms with van der Waals surface area (Å²) in [6.07, 6.45) is 0. The molecule has 0 saturated heterocycles. The number of nitrogens with one attached hydrogen (secondary N) is 1. The van der Waals surface area contributed by atoms with Crippen LogP contribution in [0.25, 0.3) is 0 Å². The molecule has 0 fully saturated rings. The Labute approximate surface area is 98.0 Å². The highest BCUT2D eigenvalue weighted by molar-refractivity contribution is 5.03. The monoisotopic (exact) mass is 225 g/mol. The second kappa shape index (κ2) is 6.66. The molecule has 0 aromatic carbocycles. The normalized spacial score (nSPS) is 13.3. The van der Waals surface area contributed by atoms with Crippen LogP contribution in [0.1, 0.15) is 32.2 Å². The van der Waals surface area contributed by atoms with Crippen LogP contribution in [-0.4, -0.2) is 35.7 Å². The molecule has 4 heteroatoms. The van der Waals surface area contributed by atoms with Crippen LogP contribution in [0.15, 0.2) is 10.6 Å². The number of hydrogen-bond acceptors (Lipinski definition) is 4. The molecule has 1 unspecified atom stereocenters. The second-order valence-corrected chi connectivity index (χ2v) is 4.20. The van der Waals surface area contributed by atoms with Crippen molar-refractivity contribution in [3.63, 3.8) is 0 Å². The molecule has 1 rings (SSSR count). The zero-order valence-electron chi connectivity index (χ0n) is 10.8. The SMILES string of the molecule is CCN(CC)CC(C)NCc1cc(C)on1. The standard InChI is InChI=1S/C12H23N3O/c1-5-15(6-2)9-10(3)13-8-12-7-11(4)16-14-12/h7,10,13H,5-6,8-9H2,1-4H3. The minimum atomic E-state index is 0.469. The van der Waals surface area contributed by atoms with Gasteiger partial charge in [-0.05, 0) is 26.9 Å². The van der Waals surface area contributed by atoms with E-state index in [1.165, 1.54) is 0 Å². The first-order valence-electron chi connectivity index (χ1n) is 6.03. The molecule has 0 amide bonds. The summed E-state index contributed by atoms with van der Waals surface area (Å²) in [6, 6.07) is 2.44. The van der Waals surface area contributed by atoms with E-state index in [4.69, 9.17) is 4.52 Å². The number of rotatable bonds is 7. The molecule has 4 nitrogen and oxygen atoms in total. The number of aromatic nitrogens is 1. The molecule has 1 aromatic heterocycles. The number of likely N-dealkylation sites (N-methyl/N-ethyl adjacent to an activating group) is 1. The largest absolute Gasteiger partial charge is 0.361 e. The molecule has 1 heterocycles. The van der Waals surface area contributed by atoms with Crippen LogP contribution >= 0.6 is 0 Å². The highest BCUT2D eigenvalue weighted by atomic mass is 16.5. The smallest absolute Gasteiger partial charge is 0.133 e. The molecule has 0 saturated carbocycles. The van der Waals surface area contributed by atoms with Crippen LogP contribution in [0.3, 0.4) is 0 Å². The maximum Gasteiger partial charge on any atom is 0.133 e. The first-order valence-corrected chi connectivity index (χ1v) is 6.03. The predicted molar refractivity (Wildman–Crippen MR) is 65.3 cm³/mol. The van der Waals surface area contributed by atoms with Gasteiger partial charge in [0.1, 0.15) is 5.76 Å². The average molecular weight is 225 g/mol. The molecular formula is C12H23N3O. The van der Waals surface area contributed by atoms with Gasteiger partial charge in [0.2, 0.25) is 0 Å². The summed E-state index contributed by atoms with van der Waals surface area (Å²) in [5.74, 6) is 0.869. The molecule has 1 N–H and O–H groups in total. The lowest BCUT2D eigenvalue weighted by Crippen LogP contribution is -2.38. The number of hydrogen-bond donors (Lipinski definition) is 1. The van der Waals surface area contributed by atoms with Crippen LogP contribution < -0.4 is 5.32 Å². The van der Waals surface area contributed by atoms with Crippen molar-refractivity contribution in [1.29, 1.82) is 0 Å². The van der Waals surface area contributed by atoms with Crippen molar-refractivity contribution in [1.82, 2.24) is 15.4 Å². The van der Waals surface area contributed by atoms with E-state index >= 15 is 0 Å². The third-order valence-electron chi connectivity index (χ3n) is 2.73. The molecule has 0 bridgehead atoms. The lowest BCUT2D eigenvalue weighted by molar-refractivity contribution is 0.269. The fraction of sp³-hybridized carbons (Fsp3) is 0.750. The van der Waals surface area contributed by atoms with E-state index in [9.17, 15) is 0 Å². The van der Waals surface area contributed by atoms with E-state index in [1.54, 1.807) is 0 Å². The van der Waals surface area contributed by atoms with Gasteiger partial charge in [-0.1, -0.05) is 19.0 Å². The highest BCUT2D eigenvalue weighted by Gasteiger charge is 2.07. The van der Waals surface area contributed by atoms with E-state index in [0.29, 0.717) is 6.04 Å². The van der Waals surface area contributed by atoms with Crippen molar-refractivity contribution in [3.05, 3.63) is 17.5 Å². The zero-order chi connectivity index (χ0) is 12.0. The first-order chi connectivity index (χ1) is 7.65. The Morgan fingerprint density at radius 1 is 1.44 bits per heavy atom. The Bertz CT molecular complexity index is 294. The lowest BCUT2D eigenvalue weighted by Gasteiger charge is -2.23. The molecular weight excluding hydrogens is 202 g/mol. The van der Waals surface area contributed by atoms with Crippen molar-refractivity contribution in [2.24, 2.45) is 0 Å². The Kier molecular flexibility index (Phi) is 5.49. The average Bonchev–Trinajstić information content (AvgIpc) is 2.69. The summed E-state index contributed by atoms with van der Waals surface area (Å²) in [7, 11) is 0. The molecule has 0 spiro atoms. The van der Waals surface area contributed by atoms with Crippen LogP contribution in [0.5, 0.6) is 0 Å². The molecule has 0 aliphatic rings. The Morgan fingerprint density at radius 3 is 2.62 bits per heavy atom. The van der Waals surface area contributed by atoms with E-state index in [2.05, 4.69) is 36.1 Å². The van der Waals surface area contributed by atoms with Gasteiger partial charge in [-0.3, -0.25) is 0 Å². The molecule has 0 radical (unpaired) electrons. The van der Waals surface area contributed by atoms with Crippen LogP contribution in [-0.2, 0) is 6.54 Å². The molecule has 0 aliphatic heterocycles. The zero-order valence-corrected chi connectivity index (χ0v) is 10.8. The van der Waals surface area contributed by atoms with Gasteiger partial charge in [0.25, 0.3) is 0 Å². The van der Waals surface area contributed by atoms with Gasteiger partial charge in [-0.15, -0.1) is 0 Å². The van der Waals surface area contributed by atoms with Gasteiger partial charge in [0.15, 0.2) is 0 Å². The quantitative estimate of drug-likeness (QED) is 0.768. The third-order valence-corrected chi connectivity index (χ3v) is 2.73. The van der Waals surface area contributed by atoms with Gasteiger partial charge in [0, 0.05) is 25.2 Å². The Morgan fingerprint density at radius 2 is 2.12 bits per heavy atom. The Balaban J connectivity index is 2.26. The second-order valence-electron chi connectivity index (χ2n) is 4.20. The summed E-state index contributed by atoms with van der Waals surface area (Å²) < 4.78 is 5.02. The highest BCUT2D eigenvalue weighted by Crippen LogP contribution is 2.01. The van der Waals surface area contributed by atoms with Crippen molar-refractivity contribution in [3.8, 4) is 0 Å². The van der Waals surface area contributed by atoms with Gasteiger partial charge < -0.3 is 14.7 Å². The number of aryl methyl sites for hydroxylation is 1. The lowest BCUT2D eigenvalue weighted by atomic mass is 10.3. The summed E-state index contributed by atoms with van der Waals surface area (Å²) in [4.78, 5) is 2.41. The van der Waals surface area contributed by atoms with Gasteiger partial charge in [-0.2, -0.15) is 0 Å². The van der Waals surface area contributed by atoms with E-state index < -0.39 is 0 Å². The molecule has 0 aliphatic carbocycles. The van der Waals surface area contributed by atoms with Crippen molar-refractivity contribution in [2.45, 2.75) is 40.3 Å². The van der Waals surface area contributed by atoms with Crippen molar-refractivity contribution >= 4 is 0 Å². The van der Waals surface area contributed by atoms with Gasteiger partial charge in [0.05, 0.1) is 5.69 Å². The summed E-state index contributed by atoms with van der Waals surface area (Å²) in [5, 5.41) is 7.40. The van der Waals surface area contributed by atoms with Gasteiger partial charge in [-0.25, -0.2) is 0 Å². The van der Waals surface area contributed by atoms with Crippen LogP contribution in [0.4, 0.5) is 0 Å². The van der Waals surface area contributed by atoms with Gasteiger partial charge >= 0.3 is 0 Å². The summed E-state index contributed by atoms with van der Waals surface area (Å²) >= 11 is 0. The van der Waals surface area contributed by atoms with E-state index in [-0.39, 0.29) is 0 Å². The maximum atomic E-state index is 5.02. The molecule has 92 valence electrons.